The quantitative estimate of drug-likeness (QED) is 0.703. The summed E-state index contributed by atoms with van der Waals surface area (Å²) in [6, 6.07) is 14.1. The molecule has 0 unspecified atom stereocenters. The number of para-hydroxylation sites is 2. The van der Waals surface area contributed by atoms with Gasteiger partial charge in [0.2, 0.25) is 0 Å². The third kappa shape index (κ3) is 3.48. The van der Waals surface area contributed by atoms with Gasteiger partial charge >= 0.3 is 0 Å². The molecule has 2 aromatic carbocycles. The zero-order chi connectivity index (χ0) is 14.7. The summed E-state index contributed by atoms with van der Waals surface area (Å²) in [5.41, 5.74) is 2.96. The maximum Gasteiger partial charge on any atom is 0.261 e. The Balaban J connectivity index is 1.90. The molecule has 1 N–H and O–H groups in total. The van der Waals surface area contributed by atoms with Crippen molar-refractivity contribution in [2.75, 3.05) is 6.54 Å². The SMILES string of the molecule is CCNCc1ccc(Br)cc1Sc1nc2ccccc2o1. The summed E-state index contributed by atoms with van der Waals surface area (Å²) in [4.78, 5) is 5.67. The van der Waals surface area contributed by atoms with Crippen LogP contribution in [-0.4, -0.2) is 11.5 Å². The van der Waals surface area contributed by atoms with Gasteiger partial charge in [-0.25, -0.2) is 4.98 Å². The summed E-state index contributed by atoms with van der Waals surface area (Å²) >= 11 is 5.08. The van der Waals surface area contributed by atoms with Crippen molar-refractivity contribution < 1.29 is 4.42 Å². The fourth-order valence-corrected chi connectivity index (χ4v) is 3.45. The van der Waals surface area contributed by atoms with Crippen LogP contribution in [-0.2, 0) is 6.54 Å². The number of fused-ring (bicyclic) bond motifs is 1. The molecule has 1 aromatic heterocycles. The normalized spacial score (nSPS) is 11.1. The Bertz CT molecular complexity index is 724. The third-order valence-electron chi connectivity index (χ3n) is 3.07. The minimum absolute atomic E-state index is 0.673. The lowest BCUT2D eigenvalue weighted by atomic mass is 10.2. The highest BCUT2D eigenvalue weighted by atomic mass is 79.9. The number of hydrogen-bond acceptors (Lipinski definition) is 4. The molecular formula is C16H15BrN2OS. The van der Waals surface area contributed by atoms with E-state index in [9.17, 15) is 0 Å². The van der Waals surface area contributed by atoms with Gasteiger partial charge in [0.1, 0.15) is 5.52 Å². The van der Waals surface area contributed by atoms with Gasteiger partial charge in [0.25, 0.3) is 5.22 Å². The Morgan fingerprint density at radius 1 is 1.24 bits per heavy atom. The Morgan fingerprint density at radius 2 is 2.10 bits per heavy atom. The molecule has 0 fully saturated rings. The Labute approximate surface area is 136 Å². The molecule has 0 radical (unpaired) electrons. The lowest BCUT2D eigenvalue weighted by Gasteiger charge is -2.08. The van der Waals surface area contributed by atoms with Crippen LogP contribution in [0.25, 0.3) is 11.1 Å². The van der Waals surface area contributed by atoms with Crippen molar-refractivity contribution in [1.82, 2.24) is 10.3 Å². The van der Waals surface area contributed by atoms with Crippen LogP contribution in [0.1, 0.15) is 12.5 Å². The summed E-state index contributed by atoms with van der Waals surface area (Å²) in [6.07, 6.45) is 0. The lowest BCUT2D eigenvalue weighted by Crippen LogP contribution is -2.12. The van der Waals surface area contributed by atoms with E-state index in [4.69, 9.17) is 4.42 Å². The first kappa shape index (κ1) is 14.6. The lowest BCUT2D eigenvalue weighted by molar-refractivity contribution is 0.489. The minimum atomic E-state index is 0.673. The Kier molecular flexibility index (Phi) is 4.63. The summed E-state index contributed by atoms with van der Waals surface area (Å²) in [5.74, 6) is 0. The van der Waals surface area contributed by atoms with Crippen LogP contribution in [0.2, 0.25) is 0 Å². The van der Waals surface area contributed by atoms with E-state index in [0.29, 0.717) is 5.22 Å². The molecule has 3 rings (SSSR count). The minimum Gasteiger partial charge on any atom is -0.431 e. The second-order valence-corrected chi connectivity index (χ2v) is 6.49. The number of halogens is 1. The van der Waals surface area contributed by atoms with Gasteiger partial charge in [-0.1, -0.05) is 41.1 Å². The fourth-order valence-electron chi connectivity index (χ4n) is 2.02. The molecular weight excluding hydrogens is 348 g/mol. The first-order valence-electron chi connectivity index (χ1n) is 6.79. The number of oxazole rings is 1. The van der Waals surface area contributed by atoms with E-state index in [1.165, 1.54) is 5.56 Å². The van der Waals surface area contributed by atoms with E-state index in [1.807, 2.05) is 24.3 Å². The zero-order valence-electron chi connectivity index (χ0n) is 11.6. The number of rotatable bonds is 5. The predicted octanol–water partition coefficient (Wildman–Crippen LogP) is 4.85. The molecule has 0 atom stereocenters. The van der Waals surface area contributed by atoms with E-state index in [-0.39, 0.29) is 0 Å². The molecule has 0 saturated heterocycles. The van der Waals surface area contributed by atoms with Gasteiger partial charge in [0.05, 0.1) is 0 Å². The van der Waals surface area contributed by atoms with Crippen LogP contribution < -0.4 is 5.32 Å². The van der Waals surface area contributed by atoms with Gasteiger partial charge in [-0.05, 0) is 48.1 Å². The van der Waals surface area contributed by atoms with Crippen molar-refractivity contribution >= 4 is 38.8 Å². The monoisotopic (exact) mass is 362 g/mol. The number of aromatic nitrogens is 1. The second kappa shape index (κ2) is 6.64. The highest BCUT2D eigenvalue weighted by Crippen LogP contribution is 2.33. The summed E-state index contributed by atoms with van der Waals surface area (Å²) in [6.45, 7) is 3.89. The Morgan fingerprint density at radius 3 is 2.90 bits per heavy atom. The smallest absolute Gasteiger partial charge is 0.261 e. The number of hydrogen-bond donors (Lipinski definition) is 1. The molecule has 0 spiro atoms. The van der Waals surface area contributed by atoms with Crippen LogP contribution in [0.4, 0.5) is 0 Å². The van der Waals surface area contributed by atoms with Crippen LogP contribution in [0.5, 0.6) is 0 Å². The van der Waals surface area contributed by atoms with Crippen molar-refractivity contribution in [2.24, 2.45) is 0 Å². The Hall–Kier alpha value is -1.30. The van der Waals surface area contributed by atoms with Crippen LogP contribution in [0.3, 0.4) is 0 Å². The molecule has 0 bridgehead atoms. The van der Waals surface area contributed by atoms with Crippen molar-refractivity contribution in [3.63, 3.8) is 0 Å². The number of nitrogens with one attached hydrogen (secondary N) is 1. The summed E-state index contributed by atoms with van der Waals surface area (Å²) < 4.78 is 6.84. The second-order valence-electron chi connectivity index (χ2n) is 4.58. The first-order valence-corrected chi connectivity index (χ1v) is 8.40. The highest BCUT2D eigenvalue weighted by molar-refractivity contribution is 9.10. The zero-order valence-corrected chi connectivity index (χ0v) is 14.0. The van der Waals surface area contributed by atoms with E-state index in [1.54, 1.807) is 11.8 Å². The highest BCUT2D eigenvalue weighted by Gasteiger charge is 2.10. The van der Waals surface area contributed by atoms with Crippen LogP contribution in [0, 0.1) is 0 Å². The molecule has 0 saturated carbocycles. The molecule has 0 aliphatic rings. The van der Waals surface area contributed by atoms with Gasteiger partial charge < -0.3 is 9.73 Å². The standard InChI is InChI=1S/C16H15BrN2OS/c1-2-18-10-11-7-8-12(17)9-15(11)21-16-19-13-5-3-4-6-14(13)20-16/h3-9,18H,2,10H2,1H3. The topological polar surface area (TPSA) is 38.1 Å². The van der Waals surface area contributed by atoms with Crippen LogP contribution in [0.15, 0.2) is 61.5 Å². The molecule has 108 valence electrons. The van der Waals surface area contributed by atoms with Crippen molar-refractivity contribution in [3.8, 4) is 0 Å². The molecule has 0 aliphatic heterocycles. The predicted molar refractivity (Wildman–Crippen MR) is 89.7 cm³/mol. The molecule has 0 aliphatic carbocycles. The van der Waals surface area contributed by atoms with Gasteiger partial charge in [0.15, 0.2) is 5.58 Å². The average Bonchev–Trinajstić information content (AvgIpc) is 2.88. The summed E-state index contributed by atoms with van der Waals surface area (Å²) in [7, 11) is 0. The van der Waals surface area contributed by atoms with Crippen LogP contribution >= 0.6 is 27.7 Å². The van der Waals surface area contributed by atoms with Crippen molar-refractivity contribution in [3.05, 3.63) is 52.5 Å². The number of nitrogens with zero attached hydrogens (tertiary/aromatic N) is 1. The van der Waals surface area contributed by atoms with E-state index >= 15 is 0 Å². The fraction of sp³-hybridized carbons (Fsp3) is 0.188. The van der Waals surface area contributed by atoms with Gasteiger partial charge in [0, 0.05) is 15.9 Å². The molecule has 3 nitrogen and oxygen atoms in total. The van der Waals surface area contributed by atoms with Gasteiger partial charge in [-0.15, -0.1) is 0 Å². The molecule has 21 heavy (non-hydrogen) atoms. The maximum atomic E-state index is 5.79. The maximum absolute atomic E-state index is 5.79. The van der Waals surface area contributed by atoms with E-state index in [2.05, 4.69) is 51.4 Å². The molecule has 1 heterocycles. The first-order chi connectivity index (χ1) is 10.3. The third-order valence-corrected chi connectivity index (χ3v) is 4.51. The van der Waals surface area contributed by atoms with Gasteiger partial charge in [-0.3, -0.25) is 0 Å². The van der Waals surface area contributed by atoms with E-state index < -0.39 is 0 Å². The number of benzene rings is 2. The van der Waals surface area contributed by atoms with Gasteiger partial charge in [-0.2, -0.15) is 0 Å². The van der Waals surface area contributed by atoms with Crippen molar-refractivity contribution in [1.29, 1.82) is 0 Å². The average molecular weight is 363 g/mol. The molecule has 0 amide bonds. The van der Waals surface area contributed by atoms with Crippen molar-refractivity contribution in [2.45, 2.75) is 23.6 Å². The largest absolute Gasteiger partial charge is 0.431 e. The van der Waals surface area contributed by atoms with E-state index in [0.717, 1.165) is 33.6 Å². The summed E-state index contributed by atoms with van der Waals surface area (Å²) in [5, 5.41) is 4.03. The molecule has 3 aromatic rings. The molecule has 5 heteroatoms.